The fourth-order valence-electron chi connectivity index (χ4n) is 4.28. The van der Waals surface area contributed by atoms with Crippen LogP contribution in [0.25, 0.3) is 0 Å². The van der Waals surface area contributed by atoms with Crippen molar-refractivity contribution in [3.63, 3.8) is 0 Å². The Kier molecular flexibility index (Phi) is 4.96. The maximum atomic E-state index is 13.2. The van der Waals surface area contributed by atoms with Gasteiger partial charge in [-0.1, -0.05) is 53.5 Å². The number of hydrogen-bond acceptors (Lipinski definition) is 2. The third-order valence-electron chi connectivity index (χ3n) is 5.50. The summed E-state index contributed by atoms with van der Waals surface area (Å²) in [7, 11) is 0. The lowest BCUT2D eigenvalue weighted by molar-refractivity contribution is -0.121. The Morgan fingerprint density at radius 2 is 1.64 bits per heavy atom. The number of allylic oxidation sites excluding steroid dienone is 2. The minimum atomic E-state index is -0.213. The van der Waals surface area contributed by atoms with E-state index in [9.17, 15) is 9.59 Å². The molecule has 0 saturated heterocycles. The number of nitrogens with zero attached hydrogens (tertiary/aromatic N) is 1. The Morgan fingerprint density at radius 1 is 1.00 bits per heavy atom. The number of anilines is 1. The lowest BCUT2D eigenvalue weighted by atomic mass is 9.69. The highest BCUT2D eigenvalue weighted by Gasteiger charge is 2.44. The molecule has 1 aliphatic heterocycles. The number of amides is 1. The van der Waals surface area contributed by atoms with E-state index in [1.807, 2.05) is 48.5 Å². The highest BCUT2D eigenvalue weighted by Crippen LogP contribution is 2.48. The van der Waals surface area contributed by atoms with Gasteiger partial charge in [-0.3, -0.25) is 14.5 Å². The first-order valence-corrected chi connectivity index (χ1v) is 10.5. The fourth-order valence-corrected chi connectivity index (χ4v) is 4.68. The number of carbonyl (C=O) groups is 2. The maximum absolute atomic E-state index is 13.2. The third kappa shape index (κ3) is 3.56. The number of ketones is 1. The molecule has 0 radical (unpaired) electrons. The van der Waals surface area contributed by atoms with E-state index in [0.717, 1.165) is 27.0 Å². The van der Waals surface area contributed by atoms with Crippen molar-refractivity contribution in [2.75, 3.05) is 4.90 Å². The summed E-state index contributed by atoms with van der Waals surface area (Å²) in [5.74, 6) is -0.0533. The molecule has 0 spiro atoms. The van der Waals surface area contributed by atoms with Gasteiger partial charge in [0, 0.05) is 45.2 Å². The van der Waals surface area contributed by atoms with Crippen LogP contribution in [-0.4, -0.2) is 11.7 Å². The molecule has 1 amide bonds. The molecule has 0 N–H and O–H groups in total. The van der Waals surface area contributed by atoms with Crippen molar-refractivity contribution in [2.24, 2.45) is 5.41 Å². The Labute approximate surface area is 178 Å². The summed E-state index contributed by atoms with van der Waals surface area (Å²) in [6.07, 6.45) is 1.47. The number of Topliss-reactive ketones (excluding diaryl/α,β-unsaturated/α-hetero) is 1. The molecule has 2 aromatic carbocycles. The van der Waals surface area contributed by atoms with Gasteiger partial charge in [-0.05, 0) is 53.8 Å². The van der Waals surface area contributed by atoms with E-state index in [4.69, 9.17) is 11.6 Å². The summed E-state index contributed by atoms with van der Waals surface area (Å²) < 4.78 is 0.953. The topological polar surface area (TPSA) is 37.4 Å². The molecule has 2 aromatic rings. The van der Waals surface area contributed by atoms with Crippen molar-refractivity contribution in [3.8, 4) is 0 Å². The molecule has 0 fully saturated rings. The van der Waals surface area contributed by atoms with Crippen molar-refractivity contribution in [3.05, 3.63) is 74.9 Å². The van der Waals surface area contributed by atoms with Crippen molar-refractivity contribution in [1.29, 1.82) is 0 Å². The van der Waals surface area contributed by atoms with Gasteiger partial charge in [0.15, 0.2) is 5.78 Å². The second-order valence-electron chi connectivity index (χ2n) is 8.32. The standard InChI is InChI=1S/C23H21BrClNO2/c1-23(2)12-19-22(20(27)13-23)18(14-3-7-16(25)8-4-14)11-21(28)26(19)17-9-5-15(24)6-10-17/h3-10,18H,11-13H2,1-2H3. The molecule has 144 valence electrons. The number of benzene rings is 2. The van der Waals surface area contributed by atoms with Crippen LogP contribution in [0.5, 0.6) is 0 Å². The molecule has 1 aliphatic carbocycles. The van der Waals surface area contributed by atoms with Crippen molar-refractivity contribution >= 4 is 44.9 Å². The predicted octanol–water partition coefficient (Wildman–Crippen LogP) is 6.27. The van der Waals surface area contributed by atoms with Crippen molar-refractivity contribution in [2.45, 2.75) is 39.0 Å². The van der Waals surface area contributed by atoms with Crippen LogP contribution in [0.3, 0.4) is 0 Å². The smallest absolute Gasteiger partial charge is 0.232 e. The van der Waals surface area contributed by atoms with E-state index in [0.29, 0.717) is 17.9 Å². The largest absolute Gasteiger partial charge is 0.294 e. The lowest BCUT2D eigenvalue weighted by Gasteiger charge is -2.43. The second-order valence-corrected chi connectivity index (χ2v) is 9.67. The average Bonchev–Trinajstić information content (AvgIpc) is 2.62. The molecule has 0 bridgehead atoms. The van der Waals surface area contributed by atoms with Crippen LogP contribution in [0.1, 0.15) is 44.6 Å². The van der Waals surface area contributed by atoms with Gasteiger partial charge in [-0.15, -0.1) is 0 Å². The van der Waals surface area contributed by atoms with Crippen molar-refractivity contribution < 1.29 is 9.59 Å². The predicted molar refractivity (Wildman–Crippen MR) is 115 cm³/mol. The zero-order chi connectivity index (χ0) is 20.1. The molecule has 4 rings (SSSR count). The Morgan fingerprint density at radius 3 is 2.29 bits per heavy atom. The molecular formula is C23H21BrClNO2. The number of carbonyl (C=O) groups excluding carboxylic acids is 2. The van der Waals surface area contributed by atoms with Crippen LogP contribution in [0.2, 0.25) is 5.02 Å². The molecule has 1 heterocycles. The van der Waals surface area contributed by atoms with Gasteiger partial charge in [-0.2, -0.15) is 0 Å². The zero-order valence-electron chi connectivity index (χ0n) is 15.8. The van der Waals surface area contributed by atoms with Gasteiger partial charge in [-0.25, -0.2) is 0 Å². The average molecular weight is 459 g/mol. The minimum absolute atomic E-state index is 0.0199. The zero-order valence-corrected chi connectivity index (χ0v) is 18.2. The fraction of sp³-hybridized carbons (Fsp3) is 0.304. The lowest BCUT2D eigenvalue weighted by Crippen LogP contribution is -2.43. The summed E-state index contributed by atoms with van der Waals surface area (Å²) in [4.78, 5) is 28.2. The summed E-state index contributed by atoms with van der Waals surface area (Å²) in [5, 5.41) is 0.646. The number of rotatable bonds is 2. The summed E-state index contributed by atoms with van der Waals surface area (Å²) in [6, 6.07) is 15.2. The Hall–Kier alpha value is -1.91. The highest BCUT2D eigenvalue weighted by molar-refractivity contribution is 9.10. The molecule has 28 heavy (non-hydrogen) atoms. The van der Waals surface area contributed by atoms with Crippen molar-refractivity contribution in [1.82, 2.24) is 0 Å². The first-order chi connectivity index (χ1) is 13.2. The monoisotopic (exact) mass is 457 g/mol. The molecular weight excluding hydrogens is 438 g/mol. The molecule has 1 unspecified atom stereocenters. The first-order valence-electron chi connectivity index (χ1n) is 9.35. The van der Waals surface area contributed by atoms with Gasteiger partial charge >= 0.3 is 0 Å². The molecule has 0 aromatic heterocycles. The van der Waals surface area contributed by atoms with Crippen LogP contribution >= 0.6 is 27.5 Å². The number of hydrogen-bond donors (Lipinski definition) is 0. The third-order valence-corrected chi connectivity index (χ3v) is 6.28. The quantitative estimate of drug-likeness (QED) is 0.532. The van der Waals surface area contributed by atoms with Crippen LogP contribution in [-0.2, 0) is 9.59 Å². The molecule has 3 nitrogen and oxygen atoms in total. The Balaban J connectivity index is 1.88. The Bertz CT molecular complexity index is 977. The van der Waals surface area contributed by atoms with E-state index >= 15 is 0 Å². The normalized spacial score (nSPS) is 21.7. The van der Waals surface area contributed by atoms with Crippen LogP contribution in [0, 0.1) is 5.41 Å². The van der Waals surface area contributed by atoms with Gasteiger partial charge in [0.25, 0.3) is 0 Å². The maximum Gasteiger partial charge on any atom is 0.232 e. The molecule has 1 atom stereocenters. The van der Waals surface area contributed by atoms with Gasteiger partial charge in [0.1, 0.15) is 0 Å². The SMILES string of the molecule is CC1(C)CC(=O)C2=C(C1)N(c1ccc(Br)cc1)C(=O)CC2c1ccc(Cl)cc1. The highest BCUT2D eigenvalue weighted by atomic mass is 79.9. The molecule has 2 aliphatic rings. The van der Waals surface area contributed by atoms with Gasteiger partial charge in [0.2, 0.25) is 5.91 Å². The summed E-state index contributed by atoms with van der Waals surface area (Å²) in [6.45, 7) is 4.18. The van der Waals surface area contributed by atoms with E-state index in [1.165, 1.54) is 0 Å². The first kappa shape index (κ1) is 19.4. The van der Waals surface area contributed by atoms with E-state index in [2.05, 4.69) is 29.8 Å². The molecule has 0 saturated carbocycles. The molecule has 5 heteroatoms. The van der Waals surface area contributed by atoms with Crippen LogP contribution in [0.4, 0.5) is 5.69 Å². The number of halogens is 2. The van der Waals surface area contributed by atoms with E-state index in [1.54, 1.807) is 4.90 Å². The van der Waals surface area contributed by atoms with Gasteiger partial charge in [0.05, 0.1) is 0 Å². The van der Waals surface area contributed by atoms with Gasteiger partial charge < -0.3 is 0 Å². The van der Waals surface area contributed by atoms with E-state index < -0.39 is 0 Å². The van der Waals surface area contributed by atoms with Crippen LogP contribution < -0.4 is 4.90 Å². The second kappa shape index (κ2) is 7.16. The summed E-state index contributed by atoms with van der Waals surface area (Å²) >= 11 is 9.49. The van der Waals surface area contributed by atoms with E-state index in [-0.39, 0.29) is 29.4 Å². The minimum Gasteiger partial charge on any atom is -0.294 e. The summed E-state index contributed by atoms with van der Waals surface area (Å²) in [5.41, 5.74) is 3.23. The van der Waals surface area contributed by atoms with Crippen LogP contribution in [0.15, 0.2) is 64.3 Å².